The molecule has 1 aromatic carbocycles. The fraction of sp³-hybridized carbons (Fsp3) is 0.500. The van der Waals surface area contributed by atoms with Crippen LogP contribution in [0.2, 0.25) is 18.1 Å². The van der Waals surface area contributed by atoms with E-state index in [0.717, 1.165) is 0 Å². The standard InChI is InChI=1S/C14H20BrNSi/c1-13(2,3)17(4,5)14(15)12(16-14)11-9-7-6-8-10-11/h6-10H,1-5H3. The second-order valence-electron chi connectivity index (χ2n) is 6.32. The first-order chi connectivity index (χ1) is 7.70. The van der Waals surface area contributed by atoms with Gasteiger partial charge in [-0.3, -0.25) is 4.99 Å². The van der Waals surface area contributed by atoms with E-state index in [9.17, 15) is 0 Å². The predicted octanol–water partition coefficient (Wildman–Crippen LogP) is 4.63. The molecule has 1 nitrogen and oxygen atoms in total. The van der Waals surface area contributed by atoms with Crippen molar-refractivity contribution in [3.05, 3.63) is 35.9 Å². The molecule has 92 valence electrons. The van der Waals surface area contributed by atoms with E-state index in [0.29, 0.717) is 5.04 Å². The zero-order valence-corrected chi connectivity index (χ0v) is 13.8. The van der Waals surface area contributed by atoms with Gasteiger partial charge in [0.15, 0.2) is 0 Å². The highest BCUT2D eigenvalue weighted by Gasteiger charge is 2.62. The molecule has 1 aliphatic heterocycles. The molecular formula is C14H20BrNSi. The highest BCUT2D eigenvalue weighted by atomic mass is 79.9. The van der Waals surface area contributed by atoms with Crippen LogP contribution in [-0.2, 0) is 0 Å². The Hall–Kier alpha value is -0.413. The number of aliphatic imine (C=N–C) groups is 1. The van der Waals surface area contributed by atoms with Gasteiger partial charge in [0.1, 0.15) is 12.1 Å². The molecule has 0 saturated heterocycles. The van der Waals surface area contributed by atoms with Crippen LogP contribution in [0.5, 0.6) is 0 Å². The lowest BCUT2D eigenvalue weighted by Crippen LogP contribution is -2.51. The van der Waals surface area contributed by atoms with Crippen molar-refractivity contribution in [2.45, 2.75) is 43.0 Å². The second kappa shape index (κ2) is 3.79. The van der Waals surface area contributed by atoms with E-state index < -0.39 is 8.07 Å². The Balaban J connectivity index is 2.28. The fourth-order valence-electron chi connectivity index (χ4n) is 1.91. The summed E-state index contributed by atoms with van der Waals surface area (Å²) < 4.78 is -0.0559. The number of hydrogen-bond donors (Lipinski definition) is 0. The molecule has 0 aromatic heterocycles. The maximum absolute atomic E-state index is 4.79. The van der Waals surface area contributed by atoms with Gasteiger partial charge in [-0.1, -0.05) is 80.1 Å². The zero-order chi connectivity index (χ0) is 12.9. The molecule has 0 aliphatic carbocycles. The molecule has 1 atom stereocenters. The number of nitrogens with zero attached hydrogens (tertiary/aromatic N) is 1. The summed E-state index contributed by atoms with van der Waals surface area (Å²) >= 11 is 3.91. The van der Waals surface area contributed by atoms with E-state index in [2.05, 4.69) is 80.1 Å². The maximum atomic E-state index is 4.79. The maximum Gasteiger partial charge on any atom is 0.145 e. The molecule has 0 saturated carbocycles. The van der Waals surface area contributed by atoms with Crippen LogP contribution in [0.15, 0.2) is 35.3 Å². The molecule has 1 heterocycles. The van der Waals surface area contributed by atoms with Gasteiger partial charge in [-0.05, 0) is 10.6 Å². The summed E-state index contributed by atoms with van der Waals surface area (Å²) in [4.78, 5) is 4.79. The Kier molecular flexibility index (Phi) is 2.90. The highest BCUT2D eigenvalue weighted by molar-refractivity contribution is 9.11. The van der Waals surface area contributed by atoms with Crippen molar-refractivity contribution in [1.29, 1.82) is 0 Å². The van der Waals surface area contributed by atoms with Gasteiger partial charge in [-0.2, -0.15) is 0 Å². The Bertz CT molecular complexity index is 459. The largest absolute Gasteiger partial charge is 0.265 e. The van der Waals surface area contributed by atoms with Crippen LogP contribution >= 0.6 is 15.9 Å². The van der Waals surface area contributed by atoms with Gasteiger partial charge in [-0.25, -0.2) is 0 Å². The smallest absolute Gasteiger partial charge is 0.145 e. The molecule has 0 radical (unpaired) electrons. The number of halogens is 1. The van der Waals surface area contributed by atoms with Crippen molar-refractivity contribution in [3.63, 3.8) is 0 Å². The number of benzene rings is 1. The molecule has 0 spiro atoms. The molecule has 1 unspecified atom stereocenters. The minimum absolute atomic E-state index is 0.0559. The van der Waals surface area contributed by atoms with Crippen molar-refractivity contribution in [3.8, 4) is 0 Å². The molecule has 0 amide bonds. The van der Waals surface area contributed by atoms with Gasteiger partial charge in [0, 0.05) is 0 Å². The van der Waals surface area contributed by atoms with E-state index in [1.165, 1.54) is 11.3 Å². The molecule has 17 heavy (non-hydrogen) atoms. The van der Waals surface area contributed by atoms with Crippen molar-refractivity contribution in [2.24, 2.45) is 4.99 Å². The van der Waals surface area contributed by atoms with Crippen LogP contribution < -0.4 is 0 Å². The van der Waals surface area contributed by atoms with Crippen LogP contribution in [0.3, 0.4) is 0 Å². The first-order valence-corrected chi connectivity index (χ1v) is 9.84. The average molecular weight is 310 g/mol. The Labute approximate surface area is 113 Å². The third-order valence-electron chi connectivity index (χ3n) is 4.28. The average Bonchev–Trinajstić information content (AvgIpc) is 2.92. The zero-order valence-electron chi connectivity index (χ0n) is 11.2. The van der Waals surface area contributed by atoms with Crippen LogP contribution in [0.25, 0.3) is 0 Å². The quantitative estimate of drug-likeness (QED) is 0.429. The molecular weight excluding hydrogens is 290 g/mol. The van der Waals surface area contributed by atoms with Crippen molar-refractivity contribution >= 4 is 29.7 Å². The Morgan fingerprint density at radius 1 is 1.12 bits per heavy atom. The predicted molar refractivity (Wildman–Crippen MR) is 81.8 cm³/mol. The van der Waals surface area contributed by atoms with Gasteiger partial charge in [0.05, 0.1) is 5.71 Å². The fourth-order valence-corrected chi connectivity index (χ4v) is 6.22. The van der Waals surface area contributed by atoms with Gasteiger partial charge >= 0.3 is 0 Å². The molecule has 0 N–H and O–H groups in total. The van der Waals surface area contributed by atoms with E-state index in [4.69, 9.17) is 4.99 Å². The van der Waals surface area contributed by atoms with Crippen LogP contribution in [0.4, 0.5) is 0 Å². The summed E-state index contributed by atoms with van der Waals surface area (Å²) in [6, 6.07) is 10.5. The second-order valence-corrected chi connectivity index (χ2v) is 13.7. The lowest BCUT2D eigenvalue weighted by atomic mass is 10.2. The normalized spacial score (nSPS) is 24.5. The molecule has 2 rings (SSSR count). The SMILES string of the molecule is CC(C)(C)[Si](C)(C)C1(Br)N=C1c1ccccc1. The molecule has 0 fully saturated rings. The topological polar surface area (TPSA) is 12.4 Å². The first-order valence-electron chi connectivity index (χ1n) is 6.05. The van der Waals surface area contributed by atoms with Crippen molar-refractivity contribution in [2.75, 3.05) is 0 Å². The lowest BCUT2D eigenvalue weighted by molar-refractivity contribution is 0.711. The van der Waals surface area contributed by atoms with E-state index in [-0.39, 0.29) is 4.07 Å². The third kappa shape index (κ3) is 1.93. The van der Waals surface area contributed by atoms with Crippen molar-refractivity contribution < 1.29 is 0 Å². The monoisotopic (exact) mass is 309 g/mol. The van der Waals surface area contributed by atoms with E-state index in [1.54, 1.807) is 0 Å². The minimum atomic E-state index is -1.53. The van der Waals surface area contributed by atoms with Crippen LogP contribution in [-0.4, -0.2) is 17.9 Å². The third-order valence-corrected chi connectivity index (χ3v) is 13.6. The highest BCUT2D eigenvalue weighted by Crippen LogP contribution is 2.55. The molecule has 0 bridgehead atoms. The van der Waals surface area contributed by atoms with Gasteiger partial charge < -0.3 is 0 Å². The van der Waals surface area contributed by atoms with Gasteiger partial charge in [0.2, 0.25) is 0 Å². The van der Waals surface area contributed by atoms with Gasteiger partial charge in [0.25, 0.3) is 0 Å². The van der Waals surface area contributed by atoms with Crippen LogP contribution in [0.1, 0.15) is 26.3 Å². The molecule has 3 heteroatoms. The lowest BCUT2D eigenvalue weighted by Gasteiger charge is -2.40. The van der Waals surface area contributed by atoms with Crippen LogP contribution in [0, 0.1) is 0 Å². The summed E-state index contributed by atoms with van der Waals surface area (Å²) in [7, 11) is -1.53. The summed E-state index contributed by atoms with van der Waals surface area (Å²) in [5, 5.41) is 0.330. The Morgan fingerprint density at radius 3 is 2.12 bits per heavy atom. The number of rotatable bonds is 2. The summed E-state index contributed by atoms with van der Waals surface area (Å²) in [6.07, 6.45) is 0. The number of hydrogen-bond acceptors (Lipinski definition) is 1. The van der Waals surface area contributed by atoms with Gasteiger partial charge in [-0.15, -0.1) is 0 Å². The molecule has 1 aliphatic rings. The first kappa shape index (κ1) is 13.0. The van der Waals surface area contributed by atoms with Crippen molar-refractivity contribution in [1.82, 2.24) is 0 Å². The summed E-state index contributed by atoms with van der Waals surface area (Å²) in [5.74, 6) is 0. The Morgan fingerprint density at radius 2 is 1.65 bits per heavy atom. The number of alkyl halides is 1. The summed E-state index contributed by atoms with van der Waals surface area (Å²) in [5.41, 5.74) is 2.50. The van der Waals surface area contributed by atoms with E-state index in [1.807, 2.05) is 0 Å². The van der Waals surface area contributed by atoms with E-state index >= 15 is 0 Å². The molecule has 1 aromatic rings. The minimum Gasteiger partial charge on any atom is -0.265 e. The summed E-state index contributed by atoms with van der Waals surface area (Å²) in [6.45, 7) is 11.8.